The van der Waals surface area contributed by atoms with Crippen LogP contribution in [-0.4, -0.2) is 25.2 Å². The SMILES string of the molecule is O=C(C[C@H]1C[C@H]2CC[C@H]1C2)OCC(=O)c1ccc2c(c1)OCO2. The first kappa shape index (κ1) is 14.5. The standard InChI is InChI=1S/C18H20O5/c19-15(13-3-4-16-17(7-13)23-10-22-16)9-21-18(20)8-14-6-11-1-2-12(14)5-11/h3-4,7,11-12,14H,1-2,5-6,8-10H2/t11-,12-,14+/m0/s1. The third-order valence-electron chi connectivity index (χ3n) is 5.37. The predicted molar refractivity (Wildman–Crippen MR) is 81.4 cm³/mol. The van der Waals surface area contributed by atoms with E-state index in [2.05, 4.69) is 0 Å². The van der Waals surface area contributed by atoms with Crippen molar-refractivity contribution in [3.05, 3.63) is 23.8 Å². The summed E-state index contributed by atoms with van der Waals surface area (Å²) in [6.07, 6.45) is 5.44. The number of esters is 1. The van der Waals surface area contributed by atoms with Gasteiger partial charge in [0.25, 0.3) is 0 Å². The molecule has 0 aromatic heterocycles. The van der Waals surface area contributed by atoms with Gasteiger partial charge < -0.3 is 14.2 Å². The monoisotopic (exact) mass is 316 g/mol. The average Bonchev–Trinajstić information content (AvgIpc) is 3.27. The fraction of sp³-hybridized carbons (Fsp3) is 0.556. The molecule has 0 amide bonds. The van der Waals surface area contributed by atoms with Crippen LogP contribution < -0.4 is 9.47 Å². The van der Waals surface area contributed by atoms with Crippen LogP contribution in [0, 0.1) is 17.8 Å². The van der Waals surface area contributed by atoms with Crippen LogP contribution >= 0.6 is 0 Å². The number of carbonyl (C=O) groups excluding carboxylic acids is 2. The maximum absolute atomic E-state index is 12.1. The van der Waals surface area contributed by atoms with E-state index in [9.17, 15) is 9.59 Å². The van der Waals surface area contributed by atoms with Gasteiger partial charge in [0.2, 0.25) is 6.79 Å². The molecular formula is C18H20O5. The van der Waals surface area contributed by atoms with Gasteiger partial charge in [0.1, 0.15) is 0 Å². The zero-order chi connectivity index (χ0) is 15.8. The van der Waals surface area contributed by atoms with Gasteiger partial charge in [0.15, 0.2) is 23.9 Å². The second-order valence-electron chi connectivity index (χ2n) is 6.79. The van der Waals surface area contributed by atoms with E-state index in [0.717, 1.165) is 12.3 Å². The molecule has 0 spiro atoms. The Morgan fingerprint density at radius 1 is 1.13 bits per heavy atom. The largest absolute Gasteiger partial charge is 0.457 e. The smallest absolute Gasteiger partial charge is 0.306 e. The molecule has 2 bridgehead atoms. The van der Waals surface area contributed by atoms with Crippen LogP contribution in [0.15, 0.2) is 18.2 Å². The molecule has 1 heterocycles. The van der Waals surface area contributed by atoms with Gasteiger partial charge in [-0.3, -0.25) is 9.59 Å². The first-order valence-electron chi connectivity index (χ1n) is 8.27. The lowest BCUT2D eigenvalue weighted by molar-refractivity contribution is -0.144. The summed E-state index contributed by atoms with van der Waals surface area (Å²) in [6, 6.07) is 5.00. The maximum atomic E-state index is 12.1. The minimum absolute atomic E-state index is 0.172. The second-order valence-corrected chi connectivity index (χ2v) is 6.79. The quantitative estimate of drug-likeness (QED) is 0.617. The lowest BCUT2D eigenvalue weighted by atomic mass is 9.86. The molecule has 5 nitrogen and oxygen atoms in total. The van der Waals surface area contributed by atoms with Crippen LogP contribution in [0.5, 0.6) is 11.5 Å². The van der Waals surface area contributed by atoms with Crippen molar-refractivity contribution in [3.8, 4) is 11.5 Å². The molecule has 0 radical (unpaired) electrons. The maximum Gasteiger partial charge on any atom is 0.306 e. The molecule has 1 aromatic carbocycles. The highest BCUT2D eigenvalue weighted by Crippen LogP contribution is 2.49. The lowest BCUT2D eigenvalue weighted by Gasteiger charge is -2.20. The van der Waals surface area contributed by atoms with Crippen LogP contribution in [0.25, 0.3) is 0 Å². The number of rotatable bonds is 5. The molecule has 2 aliphatic carbocycles. The number of Topliss-reactive ketones (excluding diaryl/α,β-unsaturated/α-hetero) is 1. The van der Waals surface area contributed by atoms with E-state index < -0.39 is 0 Å². The summed E-state index contributed by atoms with van der Waals surface area (Å²) in [5, 5.41) is 0. The summed E-state index contributed by atoms with van der Waals surface area (Å²) in [7, 11) is 0. The van der Waals surface area contributed by atoms with Gasteiger partial charge in [-0.15, -0.1) is 0 Å². The van der Waals surface area contributed by atoms with Crippen LogP contribution in [0.1, 0.15) is 42.5 Å². The second kappa shape index (κ2) is 5.87. The Morgan fingerprint density at radius 3 is 2.78 bits per heavy atom. The van der Waals surface area contributed by atoms with Gasteiger partial charge in [-0.2, -0.15) is 0 Å². The molecule has 1 aromatic rings. The van der Waals surface area contributed by atoms with Crippen molar-refractivity contribution < 1.29 is 23.8 Å². The number of benzene rings is 1. The van der Waals surface area contributed by atoms with Crippen LogP contribution in [0.4, 0.5) is 0 Å². The highest BCUT2D eigenvalue weighted by molar-refractivity contribution is 5.98. The van der Waals surface area contributed by atoms with E-state index in [1.807, 2.05) is 0 Å². The summed E-state index contributed by atoms with van der Waals surface area (Å²) < 4.78 is 15.6. The van der Waals surface area contributed by atoms with Gasteiger partial charge in [-0.25, -0.2) is 0 Å². The summed E-state index contributed by atoms with van der Waals surface area (Å²) in [5.74, 6) is 2.69. The summed E-state index contributed by atoms with van der Waals surface area (Å²) in [5.41, 5.74) is 0.474. The van der Waals surface area contributed by atoms with Crippen LogP contribution in [-0.2, 0) is 9.53 Å². The van der Waals surface area contributed by atoms with E-state index >= 15 is 0 Å². The van der Waals surface area contributed by atoms with Gasteiger partial charge in [0.05, 0.1) is 0 Å². The molecule has 2 fully saturated rings. The van der Waals surface area contributed by atoms with Crippen LogP contribution in [0.2, 0.25) is 0 Å². The van der Waals surface area contributed by atoms with Crippen LogP contribution in [0.3, 0.4) is 0 Å². The Bertz CT molecular complexity index is 638. The number of hydrogen-bond acceptors (Lipinski definition) is 5. The Hall–Kier alpha value is -2.04. The van der Waals surface area contributed by atoms with Crippen molar-refractivity contribution >= 4 is 11.8 Å². The van der Waals surface area contributed by atoms with Crippen molar-refractivity contribution in [1.29, 1.82) is 0 Å². The molecule has 4 rings (SSSR count). The number of carbonyl (C=O) groups is 2. The zero-order valence-corrected chi connectivity index (χ0v) is 13.0. The highest BCUT2D eigenvalue weighted by Gasteiger charge is 2.40. The van der Waals surface area contributed by atoms with Crippen molar-refractivity contribution in [3.63, 3.8) is 0 Å². The summed E-state index contributed by atoms with van der Waals surface area (Å²) in [4.78, 5) is 24.1. The van der Waals surface area contributed by atoms with Crippen molar-refractivity contribution in [2.45, 2.75) is 32.1 Å². The topological polar surface area (TPSA) is 61.8 Å². The first-order valence-corrected chi connectivity index (χ1v) is 8.27. The molecule has 0 N–H and O–H groups in total. The predicted octanol–water partition coefficient (Wildman–Crippen LogP) is 2.97. The van der Waals surface area contributed by atoms with E-state index in [-0.39, 0.29) is 25.2 Å². The van der Waals surface area contributed by atoms with E-state index in [1.54, 1.807) is 18.2 Å². The number of ketones is 1. The minimum atomic E-state index is -0.253. The van der Waals surface area contributed by atoms with E-state index in [1.165, 1.54) is 19.3 Å². The van der Waals surface area contributed by atoms with Crippen molar-refractivity contribution in [2.75, 3.05) is 13.4 Å². The molecule has 2 saturated carbocycles. The van der Waals surface area contributed by atoms with Gasteiger partial charge in [0, 0.05) is 12.0 Å². The Labute approximate surface area is 134 Å². The molecule has 0 unspecified atom stereocenters. The van der Waals surface area contributed by atoms with Gasteiger partial charge in [-0.1, -0.05) is 6.42 Å². The van der Waals surface area contributed by atoms with E-state index in [0.29, 0.717) is 35.3 Å². The number of fused-ring (bicyclic) bond motifs is 3. The summed E-state index contributed by atoms with van der Waals surface area (Å²) >= 11 is 0. The van der Waals surface area contributed by atoms with Gasteiger partial charge in [-0.05, 0) is 55.2 Å². The fourth-order valence-corrected chi connectivity index (χ4v) is 4.20. The molecule has 23 heavy (non-hydrogen) atoms. The molecule has 3 aliphatic rings. The molecule has 0 saturated heterocycles. The Kier molecular flexibility index (Phi) is 3.71. The summed E-state index contributed by atoms with van der Waals surface area (Å²) in [6.45, 7) is -0.0369. The lowest BCUT2D eigenvalue weighted by Crippen LogP contribution is -2.19. The third kappa shape index (κ3) is 2.92. The molecule has 1 aliphatic heterocycles. The van der Waals surface area contributed by atoms with E-state index in [4.69, 9.17) is 14.2 Å². The van der Waals surface area contributed by atoms with Crippen molar-refractivity contribution in [1.82, 2.24) is 0 Å². The highest BCUT2D eigenvalue weighted by atomic mass is 16.7. The average molecular weight is 316 g/mol. The third-order valence-corrected chi connectivity index (χ3v) is 5.37. The first-order chi connectivity index (χ1) is 11.2. The number of ether oxygens (including phenoxy) is 3. The molecule has 122 valence electrons. The Balaban J connectivity index is 1.28. The molecule has 5 heteroatoms. The molecular weight excluding hydrogens is 296 g/mol. The van der Waals surface area contributed by atoms with Crippen molar-refractivity contribution in [2.24, 2.45) is 17.8 Å². The fourth-order valence-electron chi connectivity index (χ4n) is 4.20. The molecule has 3 atom stereocenters. The number of hydrogen-bond donors (Lipinski definition) is 0. The minimum Gasteiger partial charge on any atom is -0.457 e. The van der Waals surface area contributed by atoms with Gasteiger partial charge >= 0.3 is 5.97 Å². The Morgan fingerprint density at radius 2 is 2.00 bits per heavy atom. The zero-order valence-electron chi connectivity index (χ0n) is 13.0. The normalized spacial score (nSPS) is 27.2.